The number of carbonyl (C=O) groups is 3. The van der Waals surface area contributed by atoms with E-state index in [9.17, 15) is 14.4 Å². The molecule has 0 amide bonds. The van der Waals surface area contributed by atoms with Crippen LogP contribution in [0.1, 0.15) is 290 Å². The molecule has 0 aliphatic rings. The monoisotopic (exact) mass is 1070 g/mol. The minimum atomic E-state index is -0.799. The van der Waals surface area contributed by atoms with Crippen LogP contribution < -0.4 is 0 Å². The number of hydrogen-bond donors (Lipinski definition) is 0. The molecular formula is C71H118O6. The van der Waals surface area contributed by atoms with Gasteiger partial charge in [0.15, 0.2) is 6.10 Å². The van der Waals surface area contributed by atoms with Crippen LogP contribution >= 0.6 is 0 Å². The highest BCUT2D eigenvalue weighted by molar-refractivity contribution is 5.71. The fourth-order valence-electron chi connectivity index (χ4n) is 8.62. The smallest absolute Gasteiger partial charge is 0.306 e. The number of hydrogen-bond acceptors (Lipinski definition) is 6. The molecule has 0 saturated heterocycles. The Morgan fingerprint density at radius 2 is 0.506 bits per heavy atom. The number of rotatable bonds is 57. The first-order chi connectivity index (χ1) is 38.0. The van der Waals surface area contributed by atoms with Gasteiger partial charge in [-0.3, -0.25) is 14.4 Å². The van der Waals surface area contributed by atoms with Crippen molar-refractivity contribution in [3.8, 4) is 0 Å². The molecule has 0 aliphatic heterocycles. The highest BCUT2D eigenvalue weighted by atomic mass is 16.6. The molecule has 77 heavy (non-hydrogen) atoms. The zero-order valence-electron chi connectivity index (χ0n) is 50.2. The van der Waals surface area contributed by atoms with Gasteiger partial charge in [0.2, 0.25) is 0 Å². The first kappa shape index (κ1) is 72.8. The predicted molar refractivity (Wildman–Crippen MR) is 334 cm³/mol. The normalized spacial score (nSPS) is 12.9. The standard InChI is InChI=1S/C71H118O6/c1-4-7-10-13-16-19-22-25-28-31-32-33-34-35-36-37-38-39-40-41-44-46-49-52-55-58-61-64-70(73)76-67-68(77-71(74)65-62-59-56-53-50-47-43-30-27-24-21-18-15-12-9-6-3)66-75-69(72)63-60-57-54-51-48-45-42-29-26-23-20-17-14-11-8-5-2/h7,10,16,19-21,23-25,28-30,32-33,35-36,38-39,42-43,68H,4-6,8-9,11-15,17-18,22,26-27,31,34,37,40-41,44-67H2,1-3H3/b10-7-,19-16-,23-20-,24-21-,28-25-,33-32-,36-35-,39-38-,42-29-,43-30-. The minimum absolute atomic E-state index is 0.0948. The van der Waals surface area contributed by atoms with Gasteiger partial charge in [-0.05, 0) is 135 Å². The zero-order valence-corrected chi connectivity index (χ0v) is 50.2. The van der Waals surface area contributed by atoms with Crippen LogP contribution in [0.15, 0.2) is 122 Å². The van der Waals surface area contributed by atoms with Gasteiger partial charge in [0.25, 0.3) is 0 Å². The zero-order chi connectivity index (χ0) is 55.7. The van der Waals surface area contributed by atoms with E-state index in [1.807, 2.05) is 0 Å². The molecule has 0 fully saturated rings. The van der Waals surface area contributed by atoms with Crippen molar-refractivity contribution in [3.63, 3.8) is 0 Å². The molecule has 0 saturated carbocycles. The Balaban J connectivity index is 4.39. The molecule has 0 aromatic rings. The van der Waals surface area contributed by atoms with Gasteiger partial charge in [-0.15, -0.1) is 0 Å². The molecule has 0 radical (unpaired) electrons. The maximum atomic E-state index is 12.9. The van der Waals surface area contributed by atoms with Crippen LogP contribution in [-0.4, -0.2) is 37.2 Å². The molecule has 0 spiro atoms. The molecule has 6 nitrogen and oxygen atoms in total. The second-order valence-corrected chi connectivity index (χ2v) is 20.9. The predicted octanol–water partition coefficient (Wildman–Crippen LogP) is 22.0. The average molecular weight is 1070 g/mol. The van der Waals surface area contributed by atoms with Gasteiger partial charge >= 0.3 is 17.9 Å². The van der Waals surface area contributed by atoms with Crippen LogP contribution in [0.3, 0.4) is 0 Å². The summed E-state index contributed by atoms with van der Waals surface area (Å²) < 4.78 is 16.9. The number of unbranched alkanes of at least 4 members (excludes halogenated alkanes) is 26. The fourth-order valence-corrected chi connectivity index (χ4v) is 8.62. The van der Waals surface area contributed by atoms with Crippen LogP contribution in [0, 0.1) is 0 Å². The molecule has 438 valence electrons. The summed E-state index contributed by atoms with van der Waals surface area (Å²) in [4.78, 5) is 38.3. The molecule has 1 atom stereocenters. The van der Waals surface area contributed by atoms with Gasteiger partial charge in [0.1, 0.15) is 13.2 Å². The molecule has 0 aromatic heterocycles. The quantitative estimate of drug-likeness (QED) is 0.0261. The summed E-state index contributed by atoms with van der Waals surface area (Å²) in [6.45, 7) is 6.47. The Labute approximate surface area is 475 Å². The average Bonchev–Trinajstić information content (AvgIpc) is 3.43. The van der Waals surface area contributed by atoms with E-state index in [1.165, 1.54) is 96.3 Å². The lowest BCUT2D eigenvalue weighted by atomic mass is 10.1. The summed E-state index contributed by atoms with van der Waals surface area (Å²) in [6.07, 6.45) is 89.1. The second-order valence-electron chi connectivity index (χ2n) is 20.9. The maximum absolute atomic E-state index is 12.9. The Morgan fingerprint density at radius 3 is 0.792 bits per heavy atom. The van der Waals surface area contributed by atoms with E-state index in [2.05, 4.69) is 142 Å². The van der Waals surface area contributed by atoms with Gasteiger partial charge in [-0.1, -0.05) is 258 Å². The molecule has 0 aromatic carbocycles. The fraction of sp³-hybridized carbons (Fsp3) is 0.676. The van der Waals surface area contributed by atoms with Crippen LogP contribution in [0.25, 0.3) is 0 Å². The lowest BCUT2D eigenvalue weighted by molar-refractivity contribution is -0.167. The van der Waals surface area contributed by atoms with Crippen molar-refractivity contribution in [1.29, 1.82) is 0 Å². The van der Waals surface area contributed by atoms with E-state index in [0.717, 1.165) is 154 Å². The van der Waals surface area contributed by atoms with Crippen LogP contribution in [0.2, 0.25) is 0 Å². The Hall–Kier alpha value is -4.19. The van der Waals surface area contributed by atoms with Crippen molar-refractivity contribution in [2.24, 2.45) is 0 Å². The molecule has 0 bridgehead atoms. The molecular weight excluding hydrogens is 949 g/mol. The lowest BCUT2D eigenvalue weighted by Crippen LogP contribution is -2.30. The van der Waals surface area contributed by atoms with Crippen molar-refractivity contribution in [2.75, 3.05) is 13.2 Å². The SMILES string of the molecule is CC/C=C\C/C=C\C/C=C\C/C=C\C/C=C\C/C=C\CCCCCCCCCCC(=O)OCC(COC(=O)CCCCCCC/C=C\C/C=C\CCCCCC)OC(=O)CCCCCCC/C=C\C/C=C\CCCCCC. The first-order valence-corrected chi connectivity index (χ1v) is 32.0. The van der Waals surface area contributed by atoms with Gasteiger partial charge in [-0.25, -0.2) is 0 Å². The van der Waals surface area contributed by atoms with Crippen LogP contribution in [-0.2, 0) is 28.6 Å². The van der Waals surface area contributed by atoms with E-state index in [4.69, 9.17) is 14.2 Å². The lowest BCUT2D eigenvalue weighted by Gasteiger charge is -2.18. The number of carbonyl (C=O) groups excluding carboxylic acids is 3. The highest BCUT2D eigenvalue weighted by Crippen LogP contribution is 2.15. The van der Waals surface area contributed by atoms with E-state index >= 15 is 0 Å². The summed E-state index contributed by atoms with van der Waals surface area (Å²) in [6, 6.07) is 0. The topological polar surface area (TPSA) is 78.9 Å². The summed E-state index contributed by atoms with van der Waals surface area (Å²) in [5.41, 5.74) is 0. The van der Waals surface area contributed by atoms with Gasteiger partial charge < -0.3 is 14.2 Å². The number of ether oxygens (including phenoxy) is 3. The third kappa shape index (κ3) is 62.5. The van der Waals surface area contributed by atoms with E-state index < -0.39 is 6.10 Å². The van der Waals surface area contributed by atoms with Crippen molar-refractivity contribution >= 4 is 17.9 Å². The number of esters is 3. The molecule has 0 aliphatic carbocycles. The van der Waals surface area contributed by atoms with E-state index in [0.29, 0.717) is 19.3 Å². The summed E-state index contributed by atoms with van der Waals surface area (Å²) in [5.74, 6) is -0.926. The van der Waals surface area contributed by atoms with Gasteiger partial charge in [-0.2, -0.15) is 0 Å². The van der Waals surface area contributed by atoms with Gasteiger partial charge in [0, 0.05) is 19.3 Å². The second kappa shape index (κ2) is 64.3. The van der Waals surface area contributed by atoms with Gasteiger partial charge in [0.05, 0.1) is 0 Å². The molecule has 1 unspecified atom stereocenters. The van der Waals surface area contributed by atoms with Crippen molar-refractivity contribution < 1.29 is 28.6 Å². The summed E-state index contributed by atoms with van der Waals surface area (Å²) >= 11 is 0. The minimum Gasteiger partial charge on any atom is -0.462 e. The molecule has 0 rings (SSSR count). The third-order valence-corrected chi connectivity index (χ3v) is 13.4. The number of allylic oxidation sites excluding steroid dienone is 20. The highest BCUT2D eigenvalue weighted by Gasteiger charge is 2.19. The van der Waals surface area contributed by atoms with Crippen molar-refractivity contribution in [2.45, 2.75) is 297 Å². The largest absolute Gasteiger partial charge is 0.462 e. The molecule has 0 heterocycles. The third-order valence-electron chi connectivity index (χ3n) is 13.4. The summed E-state index contributed by atoms with van der Waals surface area (Å²) in [7, 11) is 0. The summed E-state index contributed by atoms with van der Waals surface area (Å²) in [5, 5.41) is 0. The van der Waals surface area contributed by atoms with Crippen molar-refractivity contribution in [3.05, 3.63) is 122 Å². The molecule has 6 heteroatoms. The van der Waals surface area contributed by atoms with Crippen LogP contribution in [0.5, 0.6) is 0 Å². The first-order valence-electron chi connectivity index (χ1n) is 32.0. The van der Waals surface area contributed by atoms with E-state index in [1.54, 1.807) is 0 Å². The Kier molecular flexibility index (Phi) is 60.8. The maximum Gasteiger partial charge on any atom is 0.306 e. The van der Waals surface area contributed by atoms with E-state index in [-0.39, 0.29) is 31.1 Å². The van der Waals surface area contributed by atoms with Crippen LogP contribution in [0.4, 0.5) is 0 Å². The van der Waals surface area contributed by atoms with Crippen molar-refractivity contribution in [1.82, 2.24) is 0 Å². The molecule has 0 N–H and O–H groups in total. The Morgan fingerprint density at radius 1 is 0.273 bits per heavy atom. The Bertz CT molecular complexity index is 1600.